The molecule has 0 aliphatic heterocycles. The average molecular weight is 272 g/mol. The van der Waals surface area contributed by atoms with E-state index in [1.54, 1.807) is 0 Å². The summed E-state index contributed by atoms with van der Waals surface area (Å²) < 4.78 is 0. The smallest absolute Gasteiger partial charge is 0.123 e. The number of benzene rings is 1. The summed E-state index contributed by atoms with van der Waals surface area (Å²) in [6.45, 7) is 8.31. The Kier molecular flexibility index (Phi) is 6.82. The number of rotatable bonds is 6. The Bertz CT molecular complexity index is 445. The molecule has 1 nitrogen and oxygen atoms in total. The minimum Gasteiger partial charge on any atom is -0.378 e. The molecule has 0 saturated heterocycles. The normalized spacial score (nSPS) is 15.1. The molecule has 0 spiro atoms. The summed E-state index contributed by atoms with van der Waals surface area (Å²) >= 11 is 0. The minimum absolute atomic E-state index is 0.496. The van der Waals surface area contributed by atoms with Gasteiger partial charge in [0.2, 0.25) is 0 Å². The molecule has 1 aromatic rings. The lowest BCUT2D eigenvalue weighted by molar-refractivity contribution is 0.0939. The molecule has 2 unspecified atom stereocenters. The van der Waals surface area contributed by atoms with Crippen LogP contribution in [0.2, 0.25) is 0 Å². The third kappa shape index (κ3) is 6.26. The maximum Gasteiger partial charge on any atom is 0.123 e. The molecule has 110 valence electrons. The van der Waals surface area contributed by atoms with E-state index in [4.69, 9.17) is 0 Å². The molecule has 1 N–H and O–H groups in total. The first kappa shape index (κ1) is 16.8. The molecular weight excluding hydrogens is 244 g/mol. The summed E-state index contributed by atoms with van der Waals surface area (Å²) in [5.74, 6) is 6.60. The second-order valence-electron chi connectivity index (χ2n) is 6.04. The molecule has 0 amide bonds. The van der Waals surface area contributed by atoms with Gasteiger partial charge in [-0.2, -0.15) is 0 Å². The Labute approximate surface area is 124 Å². The molecule has 1 rings (SSSR count). The highest BCUT2D eigenvalue weighted by molar-refractivity contribution is 5.37. The van der Waals surface area contributed by atoms with Crippen LogP contribution >= 0.6 is 0 Å². The second kappa shape index (κ2) is 8.12. The molecule has 0 aromatic heterocycles. The number of aryl methyl sites for hydroxylation is 1. The molecule has 1 aromatic carbocycles. The largest absolute Gasteiger partial charge is 0.378 e. The Balaban J connectivity index is 2.66. The van der Waals surface area contributed by atoms with E-state index in [0.717, 1.165) is 24.8 Å². The number of hydrogen-bond donors (Lipinski definition) is 1. The molecule has 20 heavy (non-hydrogen) atoms. The van der Waals surface area contributed by atoms with Crippen LogP contribution in [-0.2, 0) is 6.42 Å². The molecule has 2 atom stereocenters. The first-order valence-corrected chi connectivity index (χ1v) is 7.81. The van der Waals surface area contributed by atoms with Crippen LogP contribution in [0.5, 0.6) is 0 Å². The van der Waals surface area contributed by atoms with E-state index in [-0.39, 0.29) is 0 Å². The Morgan fingerprint density at radius 1 is 1.20 bits per heavy atom. The average Bonchev–Trinajstić information content (AvgIpc) is 2.43. The zero-order chi connectivity index (χ0) is 15.0. The van der Waals surface area contributed by atoms with Crippen molar-refractivity contribution in [3.8, 4) is 11.8 Å². The zero-order valence-electron chi connectivity index (χ0n) is 13.4. The van der Waals surface area contributed by atoms with Crippen LogP contribution in [0.3, 0.4) is 0 Å². The molecule has 0 bridgehead atoms. The van der Waals surface area contributed by atoms with Crippen LogP contribution in [0.15, 0.2) is 24.3 Å². The van der Waals surface area contributed by atoms with E-state index < -0.39 is 5.60 Å². The lowest BCUT2D eigenvalue weighted by Gasteiger charge is -2.20. The van der Waals surface area contributed by atoms with Crippen LogP contribution in [0, 0.1) is 17.8 Å². The molecule has 1 heteroatoms. The minimum atomic E-state index is -0.893. The third-order valence-corrected chi connectivity index (χ3v) is 3.69. The highest BCUT2D eigenvalue weighted by Gasteiger charge is 2.19. The Hall–Kier alpha value is -1.26. The van der Waals surface area contributed by atoms with Crippen molar-refractivity contribution in [2.45, 2.75) is 65.4 Å². The van der Waals surface area contributed by atoms with Crippen molar-refractivity contribution in [2.75, 3.05) is 0 Å². The fourth-order valence-corrected chi connectivity index (χ4v) is 2.22. The fourth-order valence-electron chi connectivity index (χ4n) is 2.22. The van der Waals surface area contributed by atoms with Crippen LogP contribution < -0.4 is 0 Å². The summed E-state index contributed by atoms with van der Waals surface area (Å²) in [6.07, 6.45) is 5.39. The van der Waals surface area contributed by atoms with Gasteiger partial charge in [0, 0.05) is 5.56 Å². The van der Waals surface area contributed by atoms with Gasteiger partial charge in [0.15, 0.2) is 0 Å². The first-order valence-electron chi connectivity index (χ1n) is 7.81. The summed E-state index contributed by atoms with van der Waals surface area (Å²) in [4.78, 5) is 0. The van der Waals surface area contributed by atoms with Crippen LogP contribution in [0.4, 0.5) is 0 Å². The van der Waals surface area contributed by atoms with Crippen LogP contribution in [-0.4, -0.2) is 10.7 Å². The zero-order valence-corrected chi connectivity index (χ0v) is 13.4. The monoisotopic (exact) mass is 272 g/mol. The van der Waals surface area contributed by atoms with Gasteiger partial charge in [-0.1, -0.05) is 57.6 Å². The van der Waals surface area contributed by atoms with E-state index in [9.17, 15) is 5.11 Å². The lowest BCUT2D eigenvalue weighted by atomic mass is 9.92. The van der Waals surface area contributed by atoms with Gasteiger partial charge in [-0.15, -0.1) is 0 Å². The van der Waals surface area contributed by atoms with Crippen molar-refractivity contribution < 1.29 is 5.11 Å². The molecular formula is C19H28O. The predicted octanol–water partition coefficient (Wildman–Crippen LogP) is 4.57. The van der Waals surface area contributed by atoms with Crippen LogP contribution in [0.25, 0.3) is 0 Å². The third-order valence-electron chi connectivity index (χ3n) is 3.69. The molecule has 0 aliphatic rings. The standard InChI is InChI=1S/C19H28O/c1-5-7-8-17-9-11-18(12-10-17)13-14-19(4,20)15-16(3)6-2/h9-12,16,20H,5-8,15H2,1-4H3. The summed E-state index contributed by atoms with van der Waals surface area (Å²) in [6, 6.07) is 8.39. The lowest BCUT2D eigenvalue weighted by Crippen LogP contribution is -2.24. The topological polar surface area (TPSA) is 20.2 Å². The Morgan fingerprint density at radius 3 is 2.40 bits per heavy atom. The maximum absolute atomic E-state index is 10.3. The second-order valence-corrected chi connectivity index (χ2v) is 6.04. The van der Waals surface area contributed by atoms with Crippen molar-refractivity contribution >= 4 is 0 Å². The van der Waals surface area contributed by atoms with E-state index in [1.807, 2.05) is 6.92 Å². The van der Waals surface area contributed by atoms with Crippen molar-refractivity contribution in [1.82, 2.24) is 0 Å². The van der Waals surface area contributed by atoms with E-state index in [2.05, 4.69) is 56.9 Å². The van der Waals surface area contributed by atoms with Gasteiger partial charge >= 0.3 is 0 Å². The first-order chi connectivity index (χ1) is 9.46. The molecule has 0 aliphatic carbocycles. The van der Waals surface area contributed by atoms with Gasteiger partial charge in [-0.25, -0.2) is 0 Å². The maximum atomic E-state index is 10.3. The fraction of sp³-hybridized carbons (Fsp3) is 0.579. The number of aliphatic hydroxyl groups is 1. The van der Waals surface area contributed by atoms with Gasteiger partial charge < -0.3 is 5.11 Å². The number of hydrogen-bond acceptors (Lipinski definition) is 1. The van der Waals surface area contributed by atoms with E-state index in [1.165, 1.54) is 18.4 Å². The van der Waals surface area contributed by atoms with Crippen molar-refractivity contribution in [3.63, 3.8) is 0 Å². The van der Waals surface area contributed by atoms with Gasteiger partial charge in [-0.05, 0) is 49.8 Å². The van der Waals surface area contributed by atoms with E-state index in [0.29, 0.717) is 5.92 Å². The molecule has 0 heterocycles. The van der Waals surface area contributed by atoms with Gasteiger partial charge in [0.05, 0.1) is 0 Å². The predicted molar refractivity (Wildman–Crippen MR) is 86.6 cm³/mol. The van der Waals surface area contributed by atoms with Crippen LogP contribution in [0.1, 0.15) is 64.5 Å². The highest BCUT2D eigenvalue weighted by Crippen LogP contribution is 2.18. The molecule has 0 radical (unpaired) electrons. The number of unbranched alkanes of at least 4 members (excludes halogenated alkanes) is 1. The molecule has 0 saturated carbocycles. The SMILES string of the molecule is CCCCc1ccc(C#CC(C)(O)CC(C)CC)cc1. The van der Waals surface area contributed by atoms with Crippen molar-refractivity contribution in [3.05, 3.63) is 35.4 Å². The molecule has 0 fully saturated rings. The quantitative estimate of drug-likeness (QED) is 0.752. The summed E-state index contributed by atoms with van der Waals surface area (Å²) in [5, 5.41) is 10.3. The van der Waals surface area contributed by atoms with E-state index >= 15 is 0 Å². The van der Waals surface area contributed by atoms with Gasteiger partial charge in [-0.3, -0.25) is 0 Å². The van der Waals surface area contributed by atoms with Gasteiger partial charge in [0.1, 0.15) is 5.60 Å². The van der Waals surface area contributed by atoms with Crippen molar-refractivity contribution in [1.29, 1.82) is 0 Å². The summed E-state index contributed by atoms with van der Waals surface area (Å²) in [7, 11) is 0. The highest BCUT2D eigenvalue weighted by atomic mass is 16.3. The Morgan fingerprint density at radius 2 is 1.85 bits per heavy atom. The summed E-state index contributed by atoms with van der Waals surface area (Å²) in [5.41, 5.74) is 1.45. The van der Waals surface area contributed by atoms with Gasteiger partial charge in [0.25, 0.3) is 0 Å². The van der Waals surface area contributed by atoms with Crippen molar-refractivity contribution in [2.24, 2.45) is 5.92 Å².